The van der Waals surface area contributed by atoms with Crippen molar-refractivity contribution < 1.29 is 8.42 Å². The van der Waals surface area contributed by atoms with Crippen molar-refractivity contribution in [3.63, 3.8) is 0 Å². The average Bonchev–Trinajstić information content (AvgIpc) is 2.40. The first-order chi connectivity index (χ1) is 8.98. The number of sulfone groups is 1. The molecule has 1 aromatic carbocycles. The van der Waals surface area contributed by atoms with Crippen LogP contribution < -0.4 is 5.73 Å². The summed E-state index contributed by atoms with van der Waals surface area (Å²) in [6.07, 6.45) is 1.59. The highest BCUT2D eigenvalue weighted by Crippen LogP contribution is 2.40. The quantitative estimate of drug-likeness (QED) is 0.905. The summed E-state index contributed by atoms with van der Waals surface area (Å²) in [5, 5.41) is 0. The molecular formula is C14H22N2O2S. The first kappa shape index (κ1) is 14.5. The Morgan fingerprint density at radius 1 is 1.37 bits per heavy atom. The molecule has 0 radical (unpaired) electrons. The Kier molecular flexibility index (Phi) is 3.99. The smallest absolute Gasteiger partial charge is 0.178 e. The van der Waals surface area contributed by atoms with Gasteiger partial charge >= 0.3 is 0 Å². The van der Waals surface area contributed by atoms with Crippen LogP contribution in [0.3, 0.4) is 0 Å². The number of hydrogen-bond acceptors (Lipinski definition) is 4. The van der Waals surface area contributed by atoms with Crippen LogP contribution in [0.25, 0.3) is 0 Å². The zero-order valence-corrected chi connectivity index (χ0v) is 12.4. The van der Waals surface area contributed by atoms with Crippen LogP contribution in [0.15, 0.2) is 29.2 Å². The van der Waals surface area contributed by atoms with E-state index in [1.165, 1.54) is 0 Å². The molecule has 4 nitrogen and oxygen atoms in total. The number of nitrogens with zero attached hydrogens (tertiary/aromatic N) is 1. The molecule has 19 heavy (non-hydrogen) atoms. The van der Waals surface area contributed by atoms with Crippen molar-refractivity contribution in [3.05, 3.63) is 29.8 Å². The summed E-state index contributed by atoms with van der Waals surface area (Å²) in [5.41, 5.74) is 6.55. The molecule has 1 aliphatic rings. The van der Waals surface area contributed by atoms with Crippen molar-refractivity contribution in [1.29, 1.82) is 0 Å². The molecule has 1 unspecified atom stereocenters. The van der Waals surface area contributed by atoms with E-state index in [0.29, 0.717) is 17.9 Å². The van der Waals surface area contributed by atoms with Crippen LogP contribution in [0.2, 0.25) is 0 Å². The number of benzene rings is 1. The Labute approximate surface area is 115 Å². The Bertz CT molecular complexity index is 556. The van der Waals surface area contributed by atoms with Crippen molar-refractivity contribution in [2.24, 2.45) is 5.73 Å². The highest BCUT2D eigenvalue weighted by molar-refractivity contribution is 7.91. The van der Waals surface area contributed by atoms with Crippen LogP contribution in [-0.4, -0.2) is 39.2 Å². The van der Waals surface area contributed by atoms with Crippen molar-refractivity contribution in [1.82, 2.24) is 4.90 Å². The summed E-state index contributed by atoms with van der Waals surface area (Å²) in [7, 11) is -1.12. The van der Waals surface area contributed by atoms with Crippen LogP contribution in [0.5, 0.6) is 0 Å². The minimum atomic E-state index is -3.15. The lowest BCUT2D eigenvalue weighted by Gasteiger charge is -2.45. The fourth-order valence-electron chi connectivity index (χ4n) is 2.98. The molecule has 2 N–H and O–H groups in total. The molecule has 0 aliphatic carbocycles. The van der Waals surface area contributed by atoms with Crippen LogP contribution in [0.1, 0.15) is 25.3 Å². The van der Waals surface area contributed by atoms with E-state index in [2.05, 4.69) is 11.8 Å². The lowest BCUT2D eigenvalue weighted by atomic mass is 9.85. The van der Waals surface area contributed by atoms with E-state index in [0.717, 1.165) is 18.5 Å². The maximum atomic E-state index is 12.2. The predicted octanol–water partition coefficient (Wildman–Crippen LogP) is 1.36. The molecule has 1 aromatic rings. The van der Waals surface area contributed by atoms with Gasteiger partial charge in [0.05, 0.1) is 16.2 Å². The van der Waals surface area contributed by atoms with Gasteiger partial charge in [-0.1, -0.05) is 25.1 Å². The summed E-state index contributed by atoms with van der Waals surface area (Å²) in [6.45, 7) is 3.47. The molecule has 0 spiro atoms. The van der Waals surface area contributed by atoms with Crippen molar-refractivity contribution in [2.45, 2.75) is 30.2 Å². The van der Waals surface area contributed by atoms with Gasteiger partial charge in [-0.05, 0) is 38.1 Å². The van der Waals surface area contributed by atoms with E-state index >= 15 is 0 Å². The van der Waals surface area contributed by atoms with E-state index in [1.807, 2.05) is 19.2 Å². The fourth-order valence-corrected chi connectivity index (χ4v) is 4.69. The normalized spacial score (nSPS) is 25.3. The van der Waals surface area contributed by atoms with Crippen molar-refractivity contribution >= 4 is 9.84 Å². The molecule has 106 valence electrons. The zero-order valence-electron chi connectivity index (χ0n) is 11.6. The average molecular weight is 282 g/mol. The molecule has 0 bridgehead atoms. The molecule has 5 heteroatoms. The van der Waals surface area contributed by atoms with Gasteiger partial charge in [-0.15, -0.1) is 0 Å². The monoisotopic (exact) mass is 282 g/mol. The third kappa shape index (κ3) is 2.30. The molecule has 1 heterocycles. The largest absolute Gasteiger partial charge is 0.328 e. The second kappa shape index (κ2) is 5.23. The van der Waals surface area contributed by atoms with Crippen molar-refractivity contribution in [2.75, 3.05) is 25.9 Å². The highest BCUT2D eigenvalue weighted by atomic mass is 32.2. The lowest BCUT2D eigenvalue weighted by Crippen LogP contribution is -2.53. The standard InChI is InChI=1S/C14H22N2O2S/c1-3-9-16(2)14(11-15)8-10-19(17,18)13-7-5-4-6-12(13)14/h4-7H,3,8-11,15H2,1-2H3. The molecule has 0 amide bonds. The highest BCUT2D eigenvalue weighted by Gasteiger charge is 2.43. The number of nitrogens with two attached hydrogens (primary N) is 1. The molecule has 0 fully saturated rings. The van der Waals surface area contributed by atoms with Crippen LogP contribution >= 0.6 is 0 Å². The summed E-state index contributed by atoms with van der Waals surface area (Å²) in [5.74, 6) is 0.176. The molecule has 0 saturated heterocycles. The summed E-state index contributed by atoms with van der Waals surface area (Å²) >= 11 is 0. The van der Waals surface area contributed by atoms with Gasteiger partial charge < -0.3 is 5.73 Å². The second-order valence-electron chi connectivity index (χ2n) is 5.22. The minimum absolute atomic E-state index is 0.176. The van der Waals surface area contributed by atoms with E-state index in [-0.39, 0.29) is 11.3 Å². The summed E-state index contributed by atoms with van der Waals surface area (Å²) < 4.78 is 24.4. The van der Waals surface area contributed by atoms with E-state index < -0.39 is 9.84 Å². The Morgan fingerprint density at radius 3 is 2.68 bits per heavy atom. The van der Waals surface area contributed by atoms with Gasteiger partial charge in [-0.25, -0.2) is 8.42 Å². The first-order valence-corrected chi connectivity index (χ1v) is 8.37. The van der Waals surface area contributed by atoms with Gasteiger partial charge in [0.25, 0.3) is 0 Å². The van der Waals surface area contributed by atoms with Crippen LogP contribution in [0.4, 0.5) is 0 Å². The summed E-state index contributed by atoms with van der Waals surface area (Å²) in [6, 6.07) is 7.28. The van der Waals surface area contributed by atoms with Gasteiger partial charge in [0.15, 0.2) is 9.84 Å². The first-order valence-electron chi connectivity index (χ1n) is 6.71. The van der Waals surface area contributed by atoms with Gasteiger partial charge in [-0.3, -0.25) is 4.90 Å². The third-order valence-electron chi connectivity index (χ3n) is 4.14. The molecule has 0 aromatic heterocycles. The minimum Gasteiger partial charge on any atom is -0.328 e. The molecule has 0 saturated carbocycles. The van der Waals surface area contributed by atoms with E-state index in [1.54, 1.807) is 12.1 Å². The number of hydrogen-bond donors (Lipinski definition) is 1. The number of rotatable bonds is 4. The summed E-state index contributed by atoms with van der Waals surface area (Å²) in [4.78, 5) is 2.66. The van der Waals surface area contributed by atoms with Crippen molar-refractivity contribution in [3.8, 4) is 0 Å². The van der Waals surface area contributed by atoms with E-state index in [4.69, 9.17) is 5.73 Å². The van der Waals surface area contributed by atoms with Crippen LogP contribution in [0, 0.1) is 0 Å². The molecule has 1 atom stereocenters. The number of likely N-dealkylation sites (N-methyl/N-ethyl adjacent to an activating group) is 1. The zero-order chi connectivity index (χ0) is 14.1. The van der Waals surface area contributed by atoms with Gasteiger partial charge in [-0.2, -0.15) is 0 Å². The topological polar surface area (TPSA) is 63.4 Å². The Hall–Kier alpha value is -0.910. The van der Waals surface area contributed by atoms with Gasteiger partial charge in [0.1, 0.15) is 0 Å². The second-order valence-corrected chi connectivity index (χ2v) is 7.30. The third-order valence-corrected chi connectivity index (χ3v) is 5.90. The number of fused-ring (bicyclic) bond motifs is 1. The molecule has 1 aliphatic heterocycles. The Balaban J connectivity index is 2.60. The fraction of sp³-hybridized carbons (Fsp3) is 0.571. The van der Waals surface area contributed by atoms with Gasteiger partial charge in [0, 0.05) is 6.54 Å². The Morgan fingerprint density at radius 2 is 2.05 bits per heavy atom. The molecular weight excluding hydrogens is 260 g/mol. The SMILES string of the molecule is CCCN(C)C1(CN)CCS(=O)(=O)c2ccccc21. The van der Waals surface area contributed by atoms with E-state index in [9.17, 15) is 8.42 Å². The molecule has 2 rings (SSSR count). The maximum absolute atomic E-state index is 12.2. The lowest BCUT2D eigenvalue weighted by molar-refractivity contribution is 0.115. The maximum Gasteiger partial charge on any atom is 0.178 e. The van der Waals surface area contributed by atoms with Crippen LogP contribution in [-0.2, 0) is 15.4 Å². The predicted molar refractivity (Wildman–Crippen MR) is 76.8 cm³/mol. The van der Waals surface area contributed by atoms with Gasteiger partial charge in [0.2, 0.25) is 0 Å².